The molecule has 19 N–H and O–H groups in total. The summed E-state index contributed by atoms with van der Waals surface area (Å²) in [5, 5.41) is 83.1. The average Bonchev–Trinajstić information content (AvgIpc) is 3.35. The van der Waals surface area contributed by atoms with Crippen LogP contribution in [0.3, 0.4) is 0 Å². The van der Waals surface area contributed by atoms with Gasteiger partial charge in [0.15, 0.2) is 12.6 Å². The van der Waals surface area contributed by atoms with Gasteiger partial charge in [0.1, 0.15) is 91.1 Å². The molecule has 32 nitrogen and oxygen atoms in total. The summed E-state index contributed by atoms with van der Waals surface area (Å²) in [4.78, 5) is 138. The van der Waals surface area contributed by atoms with Crippen molar-refractivity contribution >= 4 is 65.0 Å². The number of aliphatic hydroxyl groups is 5. The molecule has 432 valence electrons. The normalized spacial score (nSPS) is 26.0. The smallest absolute Gasteiger partial charge is 0.325 e. The molecule has 0 radical (unpaired) electrons. The molecule has 2 aliphatic rings. The van der Waals surface area contributed by atoms with E-state index in [1.807, 2.05) is 0 Å². The lowest BCUT2D eigenvalue weighted by atomic mass is 9.94. The van der Waals surface area contributed by atoms with Gasteiger partial charge >= 0.3 is 5.97 Å². The van der Waals surface area contributed by atoms with Crippen LogP contribution >= 0.6 is 0 Å². The van der Waals surface area contributed by atoms with Crippen LogP contribution in [-0.2, 0) is 71.7 Å². The van der Waals surface area contributed by atoms with E-state index in [2.05, 4.69) is 47.9 Å². The molecule has 0 aliphatic carbocycles. The molecular weight excluding hydrogens is 1020 g/mol. The Bertz CT molecular complexity index is 2040. The van der Waals surface area contributed by atoms with Gasteiger partial charge in [-0.3, -0.25) is 52.7 Å². The maximum Gasteiger partial charge on any atom is 0.325 e. The number of nitrogens with one attached hydrogen (secondary N) is 9. The summed E-state index contributed by atoms with van der Waals surface area (Å²) in [6, 6.07) is -10.9. The number of nitrogens with two attached hydrogens (primary N) is 2. The number of unbranched alkanes of at least 4 members (excludes halogenated alkanes) is 1. The van der Waals surface area contributed by atoms with E-state index >= 15 is 0 Å². The second-order valence-corrected chi connectivity index (χ2v) is 18.2. The van der Waals surface area contributed by atoms with Gasteiger partial charge < -0.3 is 109 Å². The first-order chi connectivity index (χ1) is 35.6. The maximum atomic E-state index is 13.6. The number of aliphatic hydroxyl groups excluding tert-OH is 5. The fourth-order valence-electron chi connectivity index (χ4n) is 7.59. The number of hydrogen-bond donors (Lipinski definition) is 17. The molecule has 17 unspecified atom stereocenters. The summed E-state index contributed by atoms with van der Waals surface area (Å²) in [5.41, 5.74) is 10.8. The van der Waals surface area contributed by atoms with E-state index in [1.54, 1.807) is 0 Å². The Morgan fingerprint density at radius 1 is 0.592 bits per heavy atom. The van der Waals surface area contributed by atoms with Crippen LogP contribution in [0.15, 0.2) is 0 Å². The Kier molecular flexibility index (Phi) is 27.5. The van der Waals surface area contributed by atoms with Crippen molar-refractivity contribution in [3.05, 3.63) is 0 Å². The van der Waals surface area contributed by atoms with Crippen LogP contribution in [0.1, 0.15) is 80.6 Å². The number of rotatable bonds is 30. The second-order valence-electron chi connectivity index (χ2n) is 18.2. The third kappa shape index (κ3) is 20.7. The Morgan fingerprint density at radius 2 is 1.14 bits per heavy atom. The molecule has 0 spiro atoms. The van der Waals surface area contributed by atoms with Crippen LogP contribution in [-0.4, -0.2) is 226 Å². The first-order valence-electron chi connectivity index (χ1n) is 24.3. The second kappa shape index (κ2) is 31.7. The molecule has 2 aliphatic heterocycles. The SMILES string of the molecule is CC(=O)NC1C(OC2C(CO)OC(O)C(NC(C)=O)C2OC(C)C(=O)NC(C)C(=O)NC(CCC(=O)NC(CCCCNC(=O)C(C)NC(=O)CN)C(=O)NC(C)C(=O)NC(C)C(=O)O)C(N)=O)OC(CO)C(O)C1O. The van der Waals surface area contributed by atoms with Gasteiger partial charge in [0.05, 0.1) is 19.8 Å². The van der Waals surface area contributed by atoms with E-state index in [0.717, 1.165) is 13.8 Å². The number of primary amides is 1. The summed E-state index contributed by atoms with van der Waals surface area (Å²) < 4.78 is 23.2. The highest BCUT2D eigenvalue weighted by atomic mass is 16.7. The molecule has 0 bridgehead atoms. The van der Waals surface area contributed by atoms with E-state index in [0.29, 0.717) is 0 Å². The molecule has 0 aromatic rings. The first kappa shape index (κ1) is 65.9. The Labute approximate surface area is 436 Å². The van der Waals surface area contributed by atoms with Crippen molar-refractivity contribution in [3.63, 3.8) is 0 Å². The standard InChI is InChI=1S/C44H75N11O21/c1-17(48-29(61)14-45)37(65)47-13-9-8-10-25(41(69)50-18(2)38(66)51-20(4)42(70)71)54-28(60)12-11-24(36(46)64)55-39(67)19(3)49-40(68)21(5)73-35-31(53-23(7)59)43(72)74-27(16-57)34(35)76-44-30(52-22(6)58)33(63)32(62)26(15-56)75-44/h17-21,24-27,30-35,43-44,56-57,62-63,72H,8-16,45H2,1-7H3,(H2,46,64)(H,47,65)(H,48,61)(H,49,68)(H,50,69)(H,51,66)(H,52,58)(H,53,59)(H,54,60)(H,55,67)(H,70,71). The first-order valence-corrected chi connectivity index (χ1v) is 24.3. The number of carboxylic acid groups (broad SMARTS) is 1. The van der Waals surface area contributed by atoms with Crippen molar-refractivity contribution in [3.8, 4) is 0 Å². The zero-order chi connectivity index (χ0) is 57.7. The van der Waals surface area contributed by atoms with Crippen LogP contribution in [0.4, 0.5) is 0 Å². The van der Waals surface area contributed by atoms with Gasteiger partial charge in [-0.15, -0.1) is 0 Å². The highest BCUT2D eigenvalue weighted by molar-refractivity contribution is 5.94. The van der Waals surface area contributed by atoms with Gasteiger partial charge in [-0.05, 0) is 60.3 Å². The molecule has 10 amide bonds. The van der Waals surface area contributed by atoms with Crippen molar-refractivity contribution in [2.45, 2.75) is 184 Å². The minimum Gasteiger partial charge on any atom is -0.480 e. The summed E-state index contributed by atoms with van der Waals surface area (Å²) in [5.74, 6) is -9.51. The summed E-state index contributed by atoms with van der Waals surface area (Å²) >= 11 is 0. The van der Waals surface area contributed by atoms with E-state index < -0.39 is 195 Å². The molecule has 76 heavy (non-hydrogen) atoms. The van der Waals surface area contributed by atoms with Gasteiger partial charge in [0, 0.05) is 26.8 Å². The van der Waals surface area contributed by atoms with E-state index in [4.69, 9.17) is 35.5 Å². The maximum absolute atomic E-state index is 13.6. The number of carbonyl (C=O) groups excluding carboxylic acids is 10. The number of amides is 10. The Hall–Kier alpha value is -6.23. The molecule has 2 rings (SSSR count). The largest absolute Gasteiger partial charge is 0.480 e. The fourth-order valence-corrected chi connectivity index (χ4v) is 7.59. The summed E-state index contributed by atoms with van der Waals surface area (Å²) in [6.07, 6.45) is -15.5. The molecule has 0 saturated carbocycles. The van der Waals surface area contributed by atoms with Crippen molar-refractivity contribution in [1.29, 1.82) is 0 Å². The van der Waals surface area contributed by atoms with Crippen LogP contribution in [0.2, 0.25) is 0 Å². The molecule has 32 heteroatoms. The predicted octanol–water partition coefficient (Wildman–Crippen LogP) is -9.11. The number of aliphatic carboxylic acids is 1. The van der Waals surface area contributed by atoms with Crippen LogP contribution in [0.25, 0.3) is 0 Å². The minimum absolute atomic E-state index is 0.0605. The van der Waals surface area contributed by atoms with Crippen molar-refractivity contribution in [2.24, 2.45) is 11.5 Å². The highest BCUT2D eigenvalue weighted by Gasteiger charge is 2.53. The molecule has 2 fully saturated rings. The minimum atomic E-state index is -1.91. The van der Waals surface area contributed by atoms with Crippen molar-refractivity contribution in [2.75, 3.05) is 26.3 Å². The third-order valence-electron chi connectivity index (χ3n) is 11.9. The number of carboxylic acids is 1. The topological polar surface area (TPSA) is 506 Å². The van der Waals surface area contributed by atoms with Gasteiger partial charge in [0.25, 0.3) is 0 Å². The lowest BCUT2D eigenvalue weighted by molar-refractivity contribution is -0.333. The Balaban J connectivity index is 2.20. The van der Waals surface area contributed by atoms with Gasteiger partial charge in [0.2, 0.25) is 59.1 Å². The molecule has 2 saturated heterocycles. The molecule has 17 atom stereocenters. The summed E-state index contributed by atoms with van der Waals surface area (Å²) in [7, 11) is 0. The van der Waals surface area contributed by atoms with Crippen LogP contribution in [0, 0.1) is 0 Å². The highest BCUT2D eigenvalue weighted by Crippen LogP contribution is 2.31. The quantitative estimate of drug-likeness (QED) is 0.0297. The van der Waals surface area contributed by atoms with Gasteiger partial charge in [-0.1, -0.05) is 0 Å². The molecule has 2 heterocycles. The molecule has 0 aromatic heterocycles. The predicted molar refractivity (Wildman–Crippen MR) is 256 cm³/mol. The van der Waals surface area contributed by atoms with Crippen molar-refractivity contribution < 1.29 is 102 Å². The van der Waals surface area contributed by atoms with E-state index in [1.165, 1.54) is 34.6 Å². The Morgan fingerprint density at radius 3 is 1.70 bits per heavy atom. The van der Waals surface area contributed by atoms with Crippen LogP contribution < -0.4 is 59.3 Å². The molecule has 0 aromatic carbocycles. The lowest BCUT2D eigenvalue weighted by Crippen LogP contribution is -2.70. The number of carbonyl (C=O) groups is 11. The molecular formula is C44H75N11O21. The van der Waals surface area contributed by atoms with Crippen molar-refractivity contribution in [1.82, 2.24) is 47.9 Å². The average molecular weight is 1090 g/mol. The third-order valence-corrected chi connectivity index (χ3v) is 11.9. The zero-order valence-corrected chi connectivity index (χ0v) is 43.1. The monoisotopic (exact) mass is 1090 g/mol. The number of ether oxygens (including phenoxy) is 4. The van der Waals surface area contributed by atoms with Gasteiger partial charge in [-0.25, -0.2) is 0 Å². The van der Waals surface area contributed by atoms with E-state index in [9.17, 15) is 78.3 Å². The summed E-state index contributed by atoms with van der Waals surface area (Å²) in [6.45, 7) is 6.49. The van der Waals surface area contributed by atoms with Crippen LogP contribution in [0.5, 0.6) is 0 Å². The van der Waals surface area contributed by atoms with Gasteiger partial charge in [-0.2, -0.15) is 0 Å². The lowest BCUT2D eigenvalue weighted by Gasteiger charge is -2.48. The zero-order valence-electron chi connectivity index (χ0n) is 43.1. The fraction of sp³-hybridized carbons (Fsp3) is 0.750. The number of hydrogen-bond acceptors (Lipinski definition) is 21. The van der Waals surface area contributed by atoms with E-state index in [-0.39, 0.29) is 32.4 Å².